The zero-order valence-electron chi connectivity index (χ0n) is 14.9. The molecule has 1 unspecified atom stereocenters. The minimum absolute atomic E-state index is 0.00252. The van der Waals surface area contributed by atoms with Crippen molar-refractivity contribution in [3.8, 4) is 0 Å². The maximum absolute atomic E-state index is 12.2. The minimum Gasteiger partial charge on any atom is -0.390 e. The van der Waals surface area contributed by atoms with Gasteiger partial charge in [0.2, 0.25) is 0 Å². The molecule has 2 fully saturated rings. The minimum atomic E-state index is -3.23. The van der Waals surface area contributed by atoms with Crippen LogP contribution in [0, 0.1) is 16.7 Å². The molecule has 1 aromatic heterocycles. The summed E-state index contributed by atoms with van der Waals surface area (Å²) in [5.74, 6) is -0.205. The number of rotatable bonds is 8. The smallest absolute Gasteiger partial charge is 0.327 e. The lowest BCUT2D eigenvalue weighted by Crippen LogP contribution is -2.35. The maximum Gasteiger partial charge on any atom is 0.327 e. The standard InChI is InChI=1S/C15H23ClN5O5P/c1-3-25-27(2,24)26-5-15-4-8(15)10(11(22)12(15)23)21-7-20-9(13(17)18)14(21)19-6-16/h6-8,10-12,22-23H,3-5H2,1-2H3,(H3,17,18)/t8-,10-,11+,12+,15-,27?/m1/s1. The molecule has 27 heavy (non-hydrogen) atoms. The highest BCUT2D eigenvalue weighted by molar-refractivity contribution is 7.52. The van der Waals surface area contributed by atoms with Crippen LogP contribution in [0.1, 0.15) is 25.1 Å². The summed E-state index contributed by atoms with van der Waals surface area (Å²) in [4.78, 5) is 8.08. The van der Waals surface area contributed by atoms with E-state index < -0.39 is 31.3 Å². The van der Waals surface area contributed by atoms with Crippen LogP contribution < -0.4 is 5.73 Å². The number of nitrogens with one attached hydrogen (secondary N) is 1. The first-order valence-corrected chi connectivity index (χ1v) is 10.9. The van der Waals surface area contributed by atoms with E-state index >= 15 is 0 Å². The van der Waals surface area contributed by atoms with Crippen molar-refractivity contribution in [3.05, 3.63) is 12.0 Å². The molecule has 2 saturated carbocycles. The molecule has 1 heterocycles. The molecule has 2 aliphatic rings. The molecule has 6 atom stereocenters. The molecule has 0 aromatic carbocycles. The van der Waals surface area contributed by atoms with Gasteiger partial charge >= 0.3 is 7.60 Å². The molecule has 150 valence electrons. The number of fused-ring (bicyclic) bond motifs is 1. The van der Waals surface area contributed by atoms with E-state index in [1.165, 1.54) is 13.0 Å². The van der Waals surface area contributed by atoms with Gasteiger partial charge in [-0.2, -0.15) is 0 Å². The fourth-order valence-electron chi connectivity index (χ4n) is 3.97. The Kier molecular flexibility index (Phi) is 5.51. The molecular formula is C15H23ClN5O5P. The lowest BCUT2D eigenvalue weighted by molar-refractivity contribution is -0.0287. The van der Waals surface area contributed by atoms with Crippen LogP contribution in [-0.2, 0) is 13.6 Å². The Labute approximate surface area is 161 Å². The molecule has 0 radical (unpaired) electrons. The summed E-state index contributed by atoms with van der Waals surface area (Å²) in [7, 11) is -3.23. The van der Waals surface area contributed by atoms with E-state index in [0.29, 0.717) is 6.42 Å². The first-order valence-electron chi connectivity index (χ1n) is 8.45. The van der Waals surface area contributed by atoms with Crippen LogP contribution in [0.2, 0.25) is 0 Å². The normalized spacial score (nSPS) is 34.6. The van der Waals surface area contributed by atoms with Crippen molar-refractivity contribution in [2.75, 3.05) is 19.9 Å². The quantitative estimate of drug-likeness (QED) is 0.280. The average molecular weight is 420 g/mol. The van der Waals surface area contributed by atoms with Crippen LogP contribution in [0.15, 0.2) is 11.3 Å². The van der Waals surface area contributed by atoms with E-state index in [1.54, 1.807) is 11.5 Å². The molecule has 5 N–H and O–H groups in total. The lowest BCUT2D eigenvalue weighted by atomic mass is 10.0. The van der Waals surface area contributed by atoms with Crippen LogP contribution in [0.5, 0.6) is 0 Å². The summed E-state index contributed by atoms with van der Waals surface area (Å²) < 4.78 is 24.3. The third-order valence-electron chi connectivity index (χ3n) is 5.30. The van der Waals surface area contributed by atoms with Gasteiger partial charge in [0, 0.05) is 12.1 Å². The Balaban J connectivity index is 1.86. The van der Waals surface area contributed by atoms with Crippen LogP contribution in [-0.4, -0.2) is 63.4 Å². The molecule has 10 nitrogen and oxygen atoms in total. The predicted octanol–water partition coefficient (Wildman–Crippen LogP) is 1.22. The maximum atomic E-state index is 12.2. The topological polar surface area (TPSA) is 156 Å². The van der Waals surface area contributed by atoms with E-state index in [2.05, 4.69) is 9.98 Å². The Morgan fingerprint density at radius 1 is 1.63 bits per heavy atom. The van der Waals surface area contributed by atoms with Crippen molar-refractivity contribution in [2.24, 2.45) is 22.1 Å². The van der Waals surface area contributed by atoms with Crippen molar-refractivity contribution < 1.29 is 23.8 Å². The molecule has 1 aromatic rings. The van der Waals surface area contributed by atoms with Gasteiger partial charge in [-0.05, 0) is 19.3 Å². The Morgan fingerprint density at radius 2 is 2.33 bits per heavy atom. The number of aliphatic imine (C=N–C) groups is 1. The summed E-state index contributed by atoms with van der Waals surface area (Å²) in [6, 6.07) is -0.553. The van der Waals surface area contributed by atoms with Gasteiger partial charge in [0.15, 0.2) is 5.82 Å². The Bertz CT molecular complexity index is 817. The fourth-order valence-corrected chi connectivity index (χ4v) is 5.08. The van der Waals surface area contributed by atoms with Gasteiger partial charge in [0.1, 0.15) is 17.6 Å². The highest BCUT2D eigenvalue weighted by Gasteiger charge is 2.72. The van der Waals surface area contributed by atoms with Crippen LogP contribution >= 0.6 is 19.2 Å². The molecule has 3 rings (SSSR count). The fraction of sp³-hybridized carbons (Fsp3) is 0.667. The van der Waals surface area contributed by atoms with Gasteiger partial charge in [0.05, 0.1) is 37.4 Å². The van der Waals surface area contributed by atoms with E-state index in [0.717, 1.165) is 5.67 Å². The molecular weight excluding hydrogens is 397 g/mol. The second-order valence-corrected chi connectivity index (χ2v) is 9.15. The number of nitrogen functional groups attached to an aromatic ring is 1. The van der Waals surface area contributed by atoms with Gasteiger partial charge in [-0.3, -0.25) is 9.97 Å². The third kappa shape index (κ3) is 3.46. The van der Waals surface area contributed by atoms with Crippen molar-refractivity contribution in [1.29, 1.82) is 5.41 Å². The van der Waals surface area contributed by atoms with Gasteiger partial charge in [-0.1, -0.05) is 11.6 Å². The number of hydrogen-bond acceptors (Lipinski definition) is 8. The second kappa shape index (κ2) is 7.27. The zero-order valence-corrected chi connectivity index (χ0v) is 16.6. The summed E-state index contributed by atoms with van der Waals surface area (Å²) in [6.07, 6.45) is -0.213. The van der Waals surface area contributed by atoms with E-state index in [-0.39, 0.29) is 36.5 Å². The number of aromatic nitrogens is 2. The summed E-state index contributed by atoms with van der Waals surface area (Å²) in [5.41, 5.74) is 5.96. The number of nitrogens with zero attached hydrogens (tertiary/aromatic N) is 3. The summed E-state index contributed by atoms with van der Waals surface area (Å²) in [6.45, 7) is 3.34. The number of imidazole rings is 1. The largest absolute Gasteiger partial charge is 0.390 e. The van der Waals surface area contributed by atoms with Crippen molar-refractivity contribution in [3.63, 3.8) is 0 Å². The SMILES string of the molecule is CCOP(C)(=O)OC[C@]12C[C@@H]1[C@@H](n1cnc(C(=N)N)c1N=CCl)[C@H](O)[C@@H]2O. The molecule has 0 aliphatic heterocycles. The summed E-state index contributed by atoms with van der Waals surface area (Å²) in [5, 5.41) is 28.9. The van der Waals surface area contributed by atoms with Crippen LogP contribution in [0.3, 0.4) is 0 Å². The molecule has 12 heteroatoms. The zero-order chi connectivity index (χ0) is 20.0. The molecule has 0 spiro atoms. The van der Waals surface area contributed by atoms with Gasteiger partial charge in [0.25, 0.3) is 0 Å². The number of hydrogen-bond donors (Lipinski definition) is 4. The molecule has 0 saturated heterocycles. The first-order chi connectivity index (χ1) is 12.7. The number of amidine groups is 1. The van der Waals surface area contributed by atoms with Crippen molar-refractivity contribution >= 4 is 36.5 Å². The predicted molar refractivity (Wildman–Crippen MR) is 99.9 cm³/mol. The lowest BCUT2D eigenvalue weighted by Gasteiger charge is -2.25. The van der Waals surface area contributed by atoms with Gasteiger partial charge < -0.3 is 29.6 Å². The van der Waals surface area contributed by atoms with Crippen LogP contribution in [0.25, 0.3) is 0 Å². The molecule has 2 aliphatic carbocycles. The van der Waals surface area contributed by atoms with Crippen molar-refractivity contribution in [1.82, 2.24) is 9.55 Å². The first kappa shape index (κ1) is 20.4. The number of halogens is 1. The number of aliphatic hydroxyl groups is 2. The average Bonchev–Trinajstić information content (AvgIpc) is 3.10. The highest BCUT2D eigenvalue weighted by Crippen LogP contribution is 2.69. The van der Waals surface area contributed by atoms with Crippen LogP contribution in [0.4, 0.5) is 5.82 Å². The number of aliphatic hydroxyl groups excluding tert-OH is 2. The van der Waals surface area contributed by atoms with E-state index in [1.807, 2.05) is 0 Å². The van der Waals surface area contributed by atoms with Gasteiger partial charge in [-0.15, -0.1) is 0 Å². The third-order valence-corrected chi connectivity index (χ3v) is 6.72. The second-order valence-electron chi connectivity index (χ2n) is 6.90. The Morgan fingerprint density at radius 3 is 2.93 bits per heavy atom. The van der Waals surface area contributed by atoms with E-state index in [9.17, 15) is 14.8 Å². The Hall–Kier alpha value is -1.29. The molecule has 0 amide bonds. The van der Waals surface area contributed by atoms with Gasteiger partial charge in [-0.25, -0.2) is 9.98 Å². The van der Waals surface area contributed by atoms with E-state index in [4.69, 9.17) is 31.8 Å². The number of nitrogens with two attached hydrogens (primary N) is 1. The monoisotopic (exact) mass is 419 g/mol. The summed E-state index contributed by atoms with van der Waals surface area (Å²) >= 11 is 5.60. The molecule has 0 bridgehead atoms. The highest BCUT2D eigenvalue weighted by atomic mass is 35.5. The van der Waals surface area contributed by atoms with Crippen molar-refractivity contribution in [2.45, 2.75) is 31.6 Å².